The molecule has 2 heteroatoms. The van der Waals surface area contributed by atoms with Crippen molar-refractivity contribution in [3.8, 4) is 0 Å². The van der Waals surface area contributed by atoms with Gasteiger partial charge < -0.3 is 5.73 Å². The summed E-state index contributed by atoms with van der Waals surface area (Å²) < 4.78 is 22.2. The second-order valence-corrected chi connectivity index (χ2v) is 2.43. The quantitative estimate of drug-likeness (QED) is 0.644. The Morgan fingerprint density at radius 3 is 3.00 bits per heavy atom. The van der Waals surface area contributed by atoms with Crippen LogP contribution in [0.1, 0.15) is 29.6 Å². The lowest BCUT2D eigenvalue weighted by atomic mass is 10.1. The fourth-order valence-electron chi connectivity index (χ4n) is 0.619. The highest BCUT2D eigenvalue weighted by molar-refractivity contribution is 5.37. The van der Waals surface area contributed by atoms with E-state index in [1.165, 1.54) is 0 Å². The van der Waals surface area contributed by atoms with Crippen LogP contribution in [0.2, 0.25) is 0 Å². The molecule has 1 aromatic rings. The summed E-state index contributed by atoms with van der Waals surface area (Å²) in [4.78, 5) is 3.84. The Morgan fingerprint density at radius 1 is 1.70 bits per heavy atom. The largest absolute Gasteiger partial charge is 0.399 e. The van der Waals surface area contributed by atoms with Gasteiger partial charge in [-0.25, -0.2) is 0 Å². The highest BCUT2D eigenvalue weighted by Gasteiger charge is 1.98. The molecule has 0 saturated carbocycles. The summed E-state index contributed by atoms with van der Waals surface area (Å²) >= 11 is 0. The molecule has 1 rings (SSSR count). The Balaban J connectivity index is 3.41. The minimum absolute atomic E-state index is 0.0451. The molecule has 1 aromatic heterocycles. The predicted molar refractivity (Wildman–Crippen MR) is 42.7 cm³/mol. The van der Waals surface area contributed by atoms with Gasteiger partial charge in [-0.3, -0.25) is 4.98 Å². The van der Waals surface area contributed by atoms with Gasteiger partial charge in [-0.05, 0) is 18.0 Å². The summed E-state index contributed by atoms with van der Waals surface area (Å²) in [5, 5.41) is 0. The molecule has 0 fully saturated rings. The van der Waals surface area contributed by atoms with Crippen molar-refractivity contribution in [1.82, 2.24) is 4.98 Å². The molecular weight excluding hydrogens is 124 g/mol. The molecule has 0 amide bonds. The first-order chi connectivity index (χ1) is 5.95. The van der Waals surface area contributed by atoms with Crippen molar-refractivity contribution in [2.24, 2.45) is 0 Å². The lowest BCUT2D eigenvalue weighted by Crippen LogP contribution is -1.93. The summed E-state index contributed by atoms with van der Waals surface area (Å²) in [5.41, 5.74) is 6.02. The number of aromatic nitrogens is 1. The average molecular weight is 139 g/mol. The Kier molecular flexibility index (Phi) is 1.07. The Labute approximate surface area is 65.3 Å². The zero-order valence-corrected chi connectivity index (χ0v) is 6.10. The Morgan fingerprint density at radius 2 is 2.40 bits per heavy atom. The second-order valence-electron chi connectivity index (χ2n) is 2.43. The molecule has 0 unspecified atom stereocenters. The molecule has 2 nitrogen and oxygen atoms in total. The maximum Gasteiger partial charge on any atom is 0.0841 e. The highest BCUT2D eigenvalue weighted by Crippen LogP contribution is 2.12. The number of nitrogens with two attached hydrogens (primary N) is 1. The third kappa shape index (κ3) is 1.47. The molecule has 54 valence electrons. The lowest BCUT2D eigenvalue weighted by Gasteiger charge is -2.02. The van der Waals surface area contributed by atoms with Gasteiger partial charge in [0.05, 0.1) is 4.11 Å². The molecule has 0 aliphatic rings. The SMILES string of the molecule is [2H]c1nc(C(C)C)c([2H])c(N)c1[2H]. The smallest absolute Gasteiger partial charge is 0.0841 e. The van der Waals surface area contributed by atoms with Crippen LogP contribution in [0.3, 0.4) is 0 Å². The van der Waals surface area contributed by atoms with Crippen LogP contribution in [0, 0.1) is 0 Å². The zero-order valence-electron chi connectivity index (χ0n) is 9.10. The van der Waals surface area contributed by atoms with Gasteiger partial charge in [0.25, 0.3) is 0 Å². The van der Waals surface area contributed by atoms with E-state index in [0.717, 1.165) is 0 Å². The van der Waals surface area contributed by atoms with E-state index in [1.54, 1.807) is 0 Å². The summed E-state index contributed by atoms with van der Waals surface area (Å²) in [6.45, 7) is 3.76. The van der Waals surface area contributed by atoms with Gasteiger partial charge in [0, 0.05) is 17.6 Å². The van der Waals surface area contributed by atoms with E-state index >= 15 is 0 Å². The van der Waals surface area contributed by atoms with Gasteiger partial charge in [-0.2, -0.15) is 0 Å². The number of nitrogen functional groups attached to an aromatic ring is 1. The van der Waals surface area contributed by atoms with E-state index in [2.05, 4.69) is 4.98 Å². The predicted octanol–water partition coefficient (Wildman–Crippen LogP) is 1.79. The van der Waals surface area contributed by atoms with Crippen LogP contribution >= 0.6 is 0 Å². The van der Waals surface area contributed by atoms with Gasteiger partial charge in [0.15, 0.2) is 0 Å². The van der Waals surface area contributed by atoms with E-state index < -0.39 is 0 Å². The maximum atomic E-state index is 7.57. The van der Waals surface area contributed by atoms with Gasteiger partial charge in [-0.15, -0.1) is 0 Å². The molecular formula is C8H12N2. The van der Waals surface area contributed by atoms with Crippen molar-refractivity contribution >= 4 is 5.69 Å². The normalized spacial score (nSPS) is 14.5. The zero-order chi connectivity index (χ0) is 10.2. The maximum absolute atomic E-state index is 7.57. The van der Waals surface area contributed by atoms with Crippen molar-refractivity contribution in [3.63, 3.8) is 0 Å². The van der Waals surface area contributed by atoms with E-state index in [4.69, 9.17) is 9.85 Å². The van der Waals surface area contributed by atoms with E-state index in [1.807, 2.05) is 13.8 Å². The van der Waals surface area contributed by atoms with Crippen molar-refractivity contribution in [3.05, 3.63) is 24.0 Å². The Hall–Kier alpha value is -1.05. The van der Waals surface area contributed by atoms with Crippen molar-refractivity contribution < 1.29 is 4.11 Å². The number of nitrogens with zero attached hydrogens (tertiary/aromatic N) is 1. The van der Waals surface area contributed by atoms with E-state index in [-0.39, 0.29) is 29.9 Å². The van der Waals surface area contributed by atoms with Crippen LogP contribution in [0.4, 0.5) is 5.69 Å². The number of anilines is 1. The first kappa shape index (κ1) is 3.96. The summed E-state index contributed by atoms with van der Waals surface area (Å²) in [7, 11) is 0. The van der Waals surface area contributed by atoms with Crippen LogP contribution in [-0.4, -0.2) is 4.98 Å². The molecule has 0 bridgehead atoms. The van der Waals surface area contributed by atoms with Gasteiger partial charge in [0.2, 0.25) is 0 Å². The number of hydrogen-bond acceptors (Lipinski definition) is 2. The summed E-state index contributed by atoms with van der Waals surface area (Å²) in [5.74, 6) is 0.0551. The summed E-state index contributed by atoms with van der Waals surface area (Å²) in [6, 6.07) is -0.0783. The monoisotopic (exact) mass is 139 g/mol. The van der Waals surface area contributed by atoms with Crippen molar-refractivity contribution in [2.75, 3.05) is 5.73 Å². The van der Waals surface area contributed by atoms with Crippen LogP contribution in [0.5, 0.6) is 0 Å². The molecule has 0 aliphatic carbocycles. The molecule has 2 N–H and O–H groups in total. The van der Waals surface area contributed by atoms with Crippen LogP contribution in [-0.2, 0) is 0 Å². The van der Waals surface area contributed by atoms with Crippen LogP contribution in [0.15, 0.2) is 18.3 Å². The third-order valence-corrected chi connectivity index (χ3v) is 1.18. The fraction of sp³-hybridized carbons (Fsp3) is 0.375. The number of rotatable bonds is 1. The molecule has 0 saturated heterocycles. The first-order valence-corrected chi connectivity index (χ1v) is 3.18. The summed E-state index contributed by atoms with van der Waals surface area (Å²) in [6.07, 6.45) is -0.155. The topological polar surface area (TPSA) is 38.9 Å². The standard InChI is InChI=1S/C8H12N2/c1-6(2)8-5-7(9)3-4-10-8/h3-6H,1-2H3,(H2,9,10)/i3D,4D,5D. The fourth-order valence-corrected chi connectivity index (χ4v) is 0.619. The van der Waals surface area contributed by atoms with Gasteiger partial charge in [0.1, 0.15) is 0 Å². The van der Waals surface area contributed by atoms with Crippen LogP contribution in [0.25, 0.3) is 0 Å². The molecule has 1 heterocycles. The lowest BCUT2D eigenvalue weighted by molar-refractivity contribution is 0.824. The minimum Gasteiger partial charge on any atom is -0.399 e. The highest BCUT2D eigenvalue weighted by atomic mass is 14.7. The van der Waals surface area contributed by atoms with Crippen molar-refractivity contribution in [2.45, 2.75) is 19.8 Å². The van der Waals surface area contributed by atoms with Crippen molar-refractivity contribution in [1.29, 1.82) is 0 Å². The molecule has 0 spiro atoms. The van der Waals surface area contributed by atoms with Crippen LogP contribution < -0.4 is 5.73 Å². The molecule has 0 aliphatic heterocycles. The van der Waals surface area contributed by atoms with Gasteiger partial charge >= 0.3 is 0 Å². The van der Waals surface area contributed by atoms with E-state index in [9.17, 15) is 0 Å². The first-order valence-electron chi connectivity index (χ1n) is 4.68. The van der Waals surface area contributed by atoms with Gasteiger partial charge in [-0.1, -0.05) is 13.8 Å². The third-order valence-electron chi connectivity index (χ3n) is 1.18. The molecule has 0 atom stereocenters. The minimum atomic E-state index is -0.158. The van der Waals surface area contributed by atoms with E-state index in [0.29, 0.717) is 5.69 Å². The Bertz CT molecular complexity index is 337. The average Bonchev–Trinajstić information content (AvgIpc) is 2.07. The number of hydrogen-bond donors (Lipinski definition) is 1. The molecule has 0 radical (unpaired) electrons. The molecule has 0 aromatic carbocycles. The second kappa shape index (κ2) is 2.69. The molecule has 10 heavy (non-hydrogen) atoms. The number of pyridine rings is 1.